The Kier molecular flexibility index (Phi) is 4.09. The molecule has 0 radical (unpaired) electrons. The van der Waals surface area contributed by atoms with Crippen LogP contribution in [0, 0.1) is 15.9 Å². The molecular weight excluding hydrogens is 331 g/mol. The number of halogens is 2. The number of carbonyl (C=O) groups is 1. The van der Waals surface area contributed by atoms with Crippen molar-refractivity contribution in [1.82, 2.24) is 0 Å². The smallest absolute Gasteiger partial charge is 0.271 e. The van der Waals surface area contributed by atoms with Crippen molar-refractivity contribution in [3.63, 3.8) is 0 Å². The summed E-state index contributed by atoms with van der Waals surface area (Å²) in [7, 11) is 0. The van der Waals surface area contributed by atoms with Crippen LogP contribution in [0.15, 0.2) is 46.9 Å². The van der Waals surface area contributed by atoms with Crippen LogP contribution in [0.25, 0.3) is 0 Å². The van der Waals surface area contributed by atoms with Crippen LogP contribution in [-0.2, 0) is 0 Å². The lowest BCUT2D eigenvalue weighted by Crippen LogP contribution is -2.12. The zero-order valence-corrected chi connectivity index (χ0v) is 11.6. The van der Waals surface area contributed by atoms with E-state index in [4.69, 9.17) is 0 Å². The molecule has 20 heavy (non-hydrogen) atoms. The highest BCUT2D eigenvalue weighted by Gasteiger charge is 2.11. The summed E-state index contributed by atoms with van der Waals surface area (Å²) in [6.45, 7) is 0. The van der Waals surface area contributed by atoms with Crippen molar-refractivity contribution in [2.45, 2.75) is 0 Å². The number of amides is 1. The second kappa shape index (κ2) is 5.79. The Labute approximate surface area is 121 Å². The topological polar surface area (TPSA) is 72.2 Å². The van der Waals surface area contributed by atoms with E-state index >= 15 is 0 Å². The number of nitro groups is 1. The summed E-state index contributed by atoms with van der Waals surface area (Å²) >= 11 is 2.99. The van der Waals surface area contributed by atoms with Gasteiger partial charge in [0.05, 0.1) is 9.40 Å². The second-order valence-corrected chi connectivity index (χ2v) is 4.74. The molecule has 2 rings (SSSR count). The largest absolute Gasteiger partial charge is 0.322 e. The number of nitrogens with one attached hydrogen (secondary N) is 1. The number of hydrogen-bond acceptors (Lipinski definition) is 3. The molecule has 0 aliphatic heterocycles. The van der Waals surface area contributed by atoms with Crippen molar-refractivity contribution >= 4 is 33.2 Å². The summed E-state index contributed by atoms with van der Waals surface area (Å²) in [5, 5.41) is 13.1. The lowest BCUT2D eigenvalue weighted by atomic mass is 10.2. The van der Waals surface area contributed by atoms with Gasteiger partial charge in [0.15, 0.2) is 0 Å². The Morgan fingerprint density at radius 3 is 2.65 bits per heavy atom. The predicted octanol–water partition coefficient (Wildman–Crippen LogP) is 3.75. The zero-order chi connectivity index (χ0) is 14.7. The van der Waals surface area contributed by atoms with Crippen LogP contribution in [0.2, 0.25) is 0 Å². The first-order valence-electron chi connectivity index (χ1n) is 5.48. The van der Waals surface area contributed by atoms with Crippen molar-refractivity contribution in [1.29, 1.82) is 0 Å². The maximum absolute atomic E-state index is 13.3. The third-order valence-corrected chi connectivity index (χ3v) is 3.14. The fourth-order valence-electron chi connectivity index (χ4n) is 1.54. The Bertz CT molecular complexity index is 691. The van der Waals surface area contributed by atoms with Crippen molar-refractivity contribution in [2.75, 3.05) is 5.32 Å². The van der Waals surface area contributed by atoms with Crippen molar-refractivity contribution < 1.29 is 14.1 Å². The summed E-state index contributed by atoms with van der Waals surface area (Å²) in [5.74, 6) is -1.10. The van der Waals surface area contributed by atoms with Gasteiger partial charge in [0.1, 0.15) is 5.82 Å². The summed E-state index contributed by atoms with van der Waals surface area (Å²) in [4.78, 5) is 22.0. The standard InChI is InChI=1S/C13H8BrFN2O3/c14-11-5-4-8(6-12(11)15)13(18)16-9-2-1-3-10(7-9)17(19)20/h1-7H,(H,16,18). The van der Waals surface area contributed by atoms with E-state index < -0.39 is 16.6 Å². The van der Waals surface area contributed by atoms with Gasteiger partial charge in [-0.1, -0.05) is 6.07 Å². The Morgan fingerprint density at radius 2 is 2.00 bits per heavy atom. The van der Waals surface area contributed by atoms with Crippen molar-refractivity contribution in [3.8, 4) is 0 Å². The summed E-state index contributed by atoms with van der Waals surface area (Å²) < 4.78 is 13.6. The quantitative estimate of drug-likeness (QED) is 0.684. The van der Waals surface area contributed by atoms with Crippen LogP contribution in [0.5, 0.6) is 0 Å². The molecule has 1 amide bonds. The number of hydrogen-bond donors (Lipinski definition) is 1. The third kappa shape index (κ3) is 3.18. The number of non-ortho nitro benzene ring substituents is 1. The maximum atomic E-state index is 13.3. The minimum absolute atomic E-state index is 0.122. The van der Waals surface area contributed by atoms with E-state index in [9.17, 15) is 19.3 Å². The number of benzene rings is 2. The summed E-state index contributed by atoms with van der Waals surface area (Å²) in [5.41, 5.74) is 0.259. The molecule has 0 heterocycles. The van der Waals surface area contributed by atoms with Crippen LogP contribution in [0.3, 0.4) is 0 Å². The molecule has 7 heteroatoms. The molecule has 5 nitrogen and oxygen atoms in total. The van der Waals surface area contributed by atoms with Crippen molar-refractivity contribution in [2.24, 2.45) is 0 Å². The van der Waals surface area contributed by atoms with Gasteiger partial charge in [0, 0.05) is 23.4 Å². The molecule has 102 valence electrons. The average molecular weight is 339 g/mol. The Morgan fingerprint density at radius 1 is 1.25 bits per heavy atom. The van der Waals surface area contributed by atoms with Gasteiger partial charge in [-0.15, -0.1) is 0 Å². The summed E-state index contributed by atoms with van der Waals surface area (Å²) in [6, 6.07) is 9.45. The number of nitro benzene ring substituents is 1. The van der Waals surface area contributed by atoms with Crippen LogP contribution in [0.1, 0.15) is 10.4 Å². The van der Waals surface area contributed by atoms with Crippen LogP contribution < -0.4 is 5.32 Å². The molecule has 0 aliphatic carbocycles. The first-order valence-corrected chi connectivity index (χ1v) is 6.27. The molecule has 0 atom stereocenters. The van der Waals surface area contributed by atoms with E-state index in [1.807, 2.05) is 0 Å². The van der Waals surface area contributed by atoms with Gasteiger partial charge in [0.25, 0.3) is 11.6 Å². The van der Waals surface area contributed by atoms with Crippen LogP contribution >= 0.6 is 15.9 Å². The van der Waals surface area contributed by atoms with Gasteiger partial charge < -0.3 is 5.32 Å². The minimum atomic E-state index is -0.561. The van der Waals surface area contributed by atoms with Crippen LogP contribution in [0.4, 0.5) is 15.8 Å². The molecule has 1 N–H and O–H groups in total. The normalized spacial score (nSPS) is 10.1. The molecule has 2 aromatic rings. The minimum Gasteiger partial charge on any atom is -0.322 e. The van der Waals surface area contributed by atoms with Gasteiger partial charge in [-0.25, -0.2) is 4.39 Å². The van der Waals surface area contributed by atoms with E-state index in [2.05, 4.69) is 21.2 Å². The zero-order valence-electron chi connectivity index (χ0n) is 9.97. The fraction of sp³-hybridized carbons (Fsp3) is 0. The Balaban J connectivity index is 2.21. The number of carbonyl (C=O) groups excluding carboxylic acids is 1. The first-order chi connectivity index (χ1) is 9.47. The number of anilines is 1. The maximum Gasteiger partial charge on any atom is 0.271 e. The molecule has 0 bridgehead atoms. The lowest BCUT2D eigenvalue weighted by molar-refractivity contribution is -0.384. The number of rotatable bonds is 3. The molecule has 0 fully saturated rings. The molecule has 2 aromatic carbocycles. The molecular formula is C13H8BrFN2O3. The average Bonchev–Trinajstić information content (AvgIpc) is 2.42. The van der Waals surface area contributed by atoms with Gasteiger partial charge in [0.2, 0.25) is 0 Å². The molecule has 0 aliphatic rings. The van der Waals surface area contributed by atoms with Gasteiger partial charge >= 0.3 is 0 Å². The van der Waals surface area contributed by atoms with Crippen LogP contribution in [-0.4, -0.2) is 10.8 Å². The highest BCUT2D eigenvalue weighted by Crippen LogP contribution is 2.20. The highest BCUT2D eigenvalue weighted by atomic mass is 79.9. The van der Waals surface area contributed by atoms with Gasteiger partial charge in [-0.3, -0.25) is 14.9 Å². The molecule has 0 saturated carbocycles. The highest BCUT2D eigenvalue weighted by molar-refractivity contribution is 9.10. The first kappa shape index (κ1) is 14.1. The molecule has 0 unspecified atom stereocenters. The van der Waals surface area contributed by atoms with Gasteiger partial charge in [-0.2, -0.15) is 0 Å². The summed E-state index contributed by atoms with van der Waals surface area (Å²) in [6.07, 6.45) is 0. The molecule has 0 spiro atoms. The van der Waals surface area contributed by atoms with Crippen molar-refractivity contribution in [3.05, 3.63) is 68.4 Å². The SMILES string of the molecule is O=C(Nc1cccc([N+](=O)[O-])c1)c1ccc(Br)c(F)c1. The monoisotopic (exact) mass is 338 g/mol. The Hall–Kier alpha value is -2.28. The van der Waals surface area contributed by atoms with E-state index in [0.717, 1.165) is 6.07 Å². The van der Waals surface area contributed by atoms with E-state index in [1.165, 1.54) is 36.4 Å². The fourth-order valence-corrected chi connectivity index (χ4v) is 1.78. The van der Waals surface area contributed by atoms with E-state index in [-0.39, 0.29) is 21.4 Å². The van der Waals surface area contributed by atoms with E-state index in [1.54, 1.807) is 0 Å². The second-order valence-electron chi connectivity index (χ2n) is 3.89. The third-order valence-electron chi connectivity index (χ3n) is 2.50. The molecule has 0 saturated heterocycles. The van der Waals surface area contributed by atoms with E-state index in [0.29, 0.717) is 0 Å². The predicted molar refractivity (Wildman–Crippen MR) is 75.1 cm³/mol. The van der Waals surface area contributed by atoms with Gasteiger partial charge in [-0.05, 0) is 40.2 Å². The lowest BCUT2D eigenvalue weighted by Gasteiger charge is -2.05. The number of nitrogens with zero attached hydrogens (tertiary/aromatic N) is 1. The molecule has 0 aromatic heterocycles.